The lowest BCUT2D eigenvalue weighted by molar-refractivity contribution is -0.114. The van der Waals surface area contributed by atoms with Crippen molar-refractivity contribution in [1.29, 1.82) is 0 Å². The maximum Gasteiger partial charge on any atom is 0.243 e. The van der Waals surface area contributed by atoms with Crippen molar-refractivity contribution < 1.29 is 9.18 Å². The highest BCUT2D eigenvalue weighted by atomic mass is 79.9. The van der Waals surface area contributed by atoms with Gasteiger partial charge in [0.15, 0.2) is 0 Å². The molecule has 1 amide bonds. The van der Waals surface area contributed by atoms with Crippen LogP contribution in [0.2, 0.25) is 5.02 Å². The minimum absolute atomic E-state index is 0.0218. The first-order valence-corrected chi connectivity index (χ1v) is 7.38. The highest BCUT2D eigenvalue weighted by Gasteiger charge is 2.07. The fourth-order valence-electron chi connectivity index (χ4n) is 1.73. The van der Waals surface area contributed by atoms with Crippen LogP contribution >= 0.6 is 27.5 Å². The van der Waals surface area contributed by atoms with E-state index in [2.05, 4.69) is 26.6 Å². The molecule has 0 aliphatic rings. The predicted octanol–water partition coefficient (Wildman–Crippen LogP) is 4.60. The van der Waals surface area contributed by atoms with Crippen molar-refractivity contribution in [3.8, 4) is 0 Å². The van der Waals surface area contributed by atoms with Gasteiger partial charge in [-0.1, -0.05) is 17.7 Å². The van der Waals surface area contributed by atoms with Crippen LogP contribution < -0.4 is 10.6 Å². The summed E-state index contributed by atoms with van der Waals surface area (Å²) in [6.07, 6.45) is 0. The van der Waals surface area contributed by atoms with Gasteiger partial charge in [-0.25, -0.2) is 4.39 Å². The van der Waals surface area contributed by atoms with Crippen molar-refractivity contribution in [2.24, 2.45) is 0 Å². The van der Waals surface area contributed by atoms with Gasteiger partial charge in [0.25, 0.3) is 0 Å². The maximum atomic E-state index is 13.1. The Labute approximate surface area is 135 Å². The average molecular weight is 372 g/mol. The van der Waals surface area contributed by atoms with Crippen LogP contribution in [0.25, 0.3) is 0 Å². The normalized spacial score (nSPS) is 10.3. The first-order valence-electron chi connectivity index (χ1n) is 6.20. The molecule has 3 nitrogen and oxygen atoms in total. The van der Waals surface area contributed by atoms with E-state index >= 15 is 0 Å². The van der Waals surface area contributed by atoms with E-state index < -0.39 is 0 Å². The Morgan fingerprint density at radius 2 is 2.00 bits per heavy atom. The summed E-state index contributed by atoms with van der Waals surface area (Å²) in [5, 5.41) is 6.19. The van der Waals surface area contributed by atoms with Gasteiger partial charge in [-0.3, -0.25) is 4.79 Å². The Bertz CT molecular complexity index is 679. The van der Waals surface area contributed by atoms with Gasteiger partial charge < -0.3 is 10.6 Å². The third kappa shape index (κ3) is 4.44. The Balaban J connectivity index is 1.99. The third-order valence-corrected chi connectivity index (χ3v) is 3.77. The molecule has 2 aromatic carbocycles. The van der Waals surface area contributed by atoms with E-state index in [1.807, 2.05) is 13.0 Å². The largest absolute Gasteiger partial charge is 0.375 e. The number of hydrogen-bond donors (Lipinski definition) is 2. The molecule has 110 valence electrons. The number of nitrogens with one attached hydrogen (secondary N) is 2. The molecule has 0 aliphatic heterocycles. The van der Waals surface area contributed by atoms with Gasteiger partial charge in [-0.2, -0.15) is 0 Å². The Kier molecular flexibility index (Phi) is 5.20. The number of carbonyl (C=O) groups excluding carboxylic acids is 1. The van der Waals surface area contributed by atoms with Crippen molar-refractivity contribution in [2.45, 2.75) is 6.92 Å². The molecule has 2 N–H and O–H groups in total. The van der Waals surface area contributed by atoms with Crippen LogP contribution in [-0.2, 0) is 4.79 Å². The smallest absolute Gasteiger partial charge is 0.243 e. The number of carbonyl (C=O) groups is 1. The van der Waals surface area contributed by atoms with E-state index in [1.165, 1.54) is 12.1 Å². The highest BCUT2D eigenvalue weighted by Crippen LogP contribution is 2.23. The van der Waals surface area contributed by atoms with E-state index in [9.17, 15) is 9.18 Å². The summed E-state index contributed by atoms with van der Waals surface area (Å²) < 4.78 is 13.8. The second-order valence-corrected chi connectivity index (χ2v) is 5.78. The number of anilines is 2. The summed E-state index contributed by atoms with van der Waals surface area (Å²) >= 11 is 9.19. The lowest BCUT2D eigenvalue weighted by atomic mass is 10.2. The molecule has 21 heavy (non-hydrogen) atoms. The number of amides is 1. The lowest BCUT2D eigenvalue weighted by Gasteiger charge is -2.11. The molecular weight excluding hydrogens is 359 g/mol. The molecule has 0 aliphatic carbocycles. The zero-order valence-corrected chi connectivity index (χ0v) is 13.6. The van der Waals surface area contributed by atoms with Crippen LogP contribution in [0, 0.1) is 12.7 Å². The number of rotatable bonds is 4. The van der Waals surface area contributed by atoms with Crippen molar-refractivity contribution >= 4 is 44.8 Å². The number of hydrogen-bond acceptors (Lipinski definition) is 2. The molecule has 2 aromatic rings. The van der Waals surface area contributed by atoms with Gasteiger partial charge in [0.1, 0.15) is 5.82 Å². The van der Waals surface area contributed by atoms with Gasteiger partial charge >= 0.3 is 0 Å². The van der Waals surface area contributed by atoms with Crippen molar-refractivity contribution in [2.75, 3.05) is 17.2 Å². The summed E-state index contributed by atoms with van der Waals surface area (Å²) in [5.41, 5.74) is 2.10. The molecule has 0 radical (unpaired) electrons. The molecule has 2 rings (SSSR count). The second-order valence-electron chi connectivity index (χ2n) is 4.49. The Morgan fingerprint density at radius 3 is 2.76 bits per heavy atom. The van der Waals surface area contributed by atoms with Crippen LogP contribution in [0.15, 0.2) is 40.9 Å². The maximum absolute atomic E-state index is 13.1. The molecule has 0 heterocycles. The van der Waals surface area contributed by atoms with Crippen molar-refractivity contribution in [3.63, 3.8) is 0 Å². The molecule has 0 fully saturated rings. The van der Waals surface area contributed by atoms with Crippen LogP contribution in [0.5, 0.6) is 0 Å². The van der Waals surface area contributed by atoms with Gasteiger partial charge in [0, 0.05) is 15.2 Å². The molecule has 0 saturated heterocycles. The average Bonchev–Trinajstić information content (AvgIpc) is 2.44. The Morgan fingerprint density at radius 1 is 1.24 bits per heavy atom. The monoisotopic (exact) mass is 370 g/mol. The zero-order chi connectivity index (χ0) is 15.4. The summed E-state index contributed by atoms with van der Waals surface area (Å²) in [6, 6.07) is 9.51. The van der Waals surface area contributed by atoms with Crippen LogP contribution in [-0.4, -0.2) is 12.5 Å². The van der Waals surface area contributed by atoms with Gasteiger partial charge in [0.05, 0.1) is 12.2 Å². The van der Waals surface area contributed by atoms with Crippen molar-refractivity contribution in [1.82, 2.24) is 0 Å². The molecule has 0 saturated carbocycles. The molecule has 0 spiro atoms. The quantitative estimate of drug-likeness (QED) is 0.824. The topological polar surface area (TPSA) is 41.1 Å². The minimum Gasteiger partial charge on any atom is -0.375 e. The first kappa shape index (κ1) is 15.8. The molecule has 0 aromatic heterocycles. The molecule has 0 unspecified atom stereocenters. The van der Waals surface area contributed by atoms with E-state index in [-0.39, 0.29) is 18.3 Å². The van der Waals surface area contributed by atoms with E-state index in [0.29, 0.717) is 20.9 Å². The molecule has 6 heteroatoms. The van der Waals surface area contributed by atoms with E-state index in [1.54, 1.807) is 18.2 Å². The summed E-state index contributed by atoms with van der Waals surface area (Å²) in [6.45, 7) is 1.90. The van der Waals surface area contributed by atoms with E-state index in [4.69, 9.17) is 11.6 Å². The van der Waals surface area contributed by atoms with Crippen molar-refractivity contribution in [3.05, 3.63) is 57.3 Å². The minimum atomic E-state index is -0.369. The number of aryl methyl sites for hydroxylation is 1. The fraction of sp³-hybridized carbons (Fsp3) is 0.133. The standard InChI is InChI=1S/C15H13BrClFN2O/c1-9-2-3-10(17)6-13(9)20-15(21)8-19-14-7-11(18)4-5-12(14)16/h2-7,19H,8H2,1H3,(H,20,21). The predicted molar refractivity (Wildman–Crippen MR) is 87.4 cm³/mol. The Hall–Kier alpha value is -1.59. The van der Waals surface area contributed by atoms with Gasteiger partial charge in [0.2, 0.25) is 5.91 Å². The van der Waals surface area contributed by atoms with Gasteiger partial charge in [-0.05, 0) is 58.7 Å². The molecular formula is C15H13BrClFN2O. The van der Waals surface area contributed by atoms with Crippen LogP contribution in [0.3, 0.4) is 0 Å². The summed E-state index contributed by atoms with van der Waals surface area (Å²) in [4.78, 5) is 11.9. The summed E-state index contributed by atoms with van der Waals surface area (Å²) in [7, 11) is 0. The molecule has 0 bridgehead atoms. The second kappa shape index (κ2) is 6.91. The number of benzene rings is 2. The SMILES string of the molecule is Cc1ccc(Cl)cc1NC(=O)CNc1cc(F)ccc1Br. The van der Waals surface area contributed by atoms with Crippen LogP contribution in [0.4, 0.5) is 15.8 Å². The third-order valence-electron chi connectivity index (χ3n) is 2.84. The van der Waals surface area contributed by atoms with E-state index in [0.717, 1.165) is 5.56 Å². The van der Waals surface area contributed by atoms with Crippen LogP contribution in [0.1, 0.15) is 5.56 Å². The molecule has 0 atom stereocenters. The number of halogens is 3. The lowest BCUT2D eigenvalue weighted by Crippen LogP contribution is -2.22. The first-order chi connectivity index (χ1) is 9.95. The summed E-state index contributed by atoms with van der Waals surface area (Å²) in [5.74, 6) is -0.608. The van der Waals surface area contributed by atoms with Gasteiger partial charge in [-0.15, -0.1) is 0 Å². The zero-order valence-electron chi connectivity index (χ0n) is 11.2. The fourth-order valence-corrected chi connectivity index (χ4v) is 2.29. The highest BCUT2D eigenvalue weighted by molar-refractivity contribution is 9.10.